The molecule has 3 aromatic rings. The Morgan fingerprint density at radius 1 is 1.29 bits per heavy atom. The van der Waals surface area contributed by atoms with E-state index in [1.54, 1.807) is 11.3 Å². The number of ether oxygens (including phenoxy) is 1. The van der Waals surface area contributed by atoms with Crippen LogP contribution in [0.25, 0.3) is 10.7 Å². The summed E-state index contributed by atoms with van der Waals surface area (Å²) < 4.78 is 11.2. The van der Waals surface area contributed by atoms with E-state index in [1.807, 2.05) is 30.5 Å². The van der Waals surface area contributed by atoms with Crippen LogP contribution < -0.4 is 10.1 Å². The van der Waals surface area contributed by atoms with Gasteiger partial charge in [0.1, 0.15) is 5.75 Å². The lowest BCUT2D eigenvalue weighted by Gasteiger charge is -2.20. The summed E-state index contributed by atoms with van der Waals surface area (Å²) in [4.78, 5) is 17.8. The molecule has 1 aromatic carbocycles. The van der Waals surface area contributed by atoms with E-state index in [1.165, 1.54) is 24.0 Å². The van der Waals surface area contributed by atoms with Crippen molar-refractivity contribution in [3.05, 3.63) is 52.7 Å². The number of aryl methyl sites for hydroxylation is 2. The lowest BCUT2D eigenvalue weighted by molar-refractivity contribution is -0.128. The molecule has 0 bridgehead atoms. The fourth-order valence-corrected chi connectivity index (χ4v) is 4.03. The monoisotopic (exact) mass is 397 g/mol. The van der Waals surface area contributed by atoms with Gasteiger partial charge in [-0.1, -0.05) is 24.2 Å². The Bertz CT molecular complexity index is 936. The van der Waals surface area contributed by atoms with Crippen molar-refractivity contribution in [2.75, 3.05) is 0 Å². The number of rotatable bonds is 7. The van der Waals surface area contributed by atoms with E-state index in [-0.39, 0.29) is 12.5 Å². The number of fused-ring (bicyclic) bond motifs is 1. The summed E-state index contributed by atoms with van der Waals surface area (Å²) in [6.07, 6.45) is 4.70. The Hall–Kier alpha value is -2.67. The van der Waals surface area contributed by atoms with Crippen LogP contribution in [0.5, 0.6) is 5.75 Å². The van der Waals surface area contributed by atoms with Crippen molar-refractivity contribution in [1.29, 1.82) is 0 Å². The van der Waals surface area contributed by atoms with E-state index < -0.39 is 6.10 Å². The minimum atomic E-state index is -0.554. The van der Waals surface area contributed by atoms with Gasteiger partial charge >= 0.3 is 0 Å². The molecular weight excluding hydrogens is 374 g/mol. The number of amides is 1. The summed E-state index contributed by atoms with van der Waals surface area (Å²) in [5.74, 6) is 1.48. The van der Waals surface area contributed by atoms with Gasteiger partial charge in [-0.25, -0.2) is 0 Å². The first kappa shape index (κ1) is 18.7. The molecule has 146 valence electrons. The highest BCUT2D eigenvalue weighted by molar-refractivity contribution is 7.13. The Morgan fingerprint density at radius 2 is 2.14 bits per heavy atom. The summed E-state index contributed by atoms with van der Waals surface area (Å²) in [7, 11) is 0. The number of benzene rings is 1. The Morgan fingerprint density at radius 3 is 2.93 bits per heavy atom. The quantitative estimate of drug-likeness (QED) is 0.648. The molecule has 0 spiro atoms. The van der Waals surface area contributed by atoms with Gasteiger partial charge in [0, 0.05) is 0 Å². The third-order valence-electron chi connectivity index (χ3n) is 4.89. The Balaban J connectivity index is 1.35. The maximum absolute atomic E-state index is 12.6. The summed E-state index contributed by atoms with van der Waals surface area (Å²) in [6.45, 7) is 2.12. The largest absolute Gasteiger partial charge is 0.481 e. The van der Waals surface area contributed by atoms with Gasteiger partial charge in [-0.15, -0.1) is 11.3 Å². The van der Waals surface area contributed by atoms with E-state index in [2.05, 4.69) is 27.6 Å². The van der Waals surface area contributed by atoms with E-state index in [4.69, 9.17) is 9.26 Å². The molecule has 4 rings (SSSR count). The highest BCUT2D eigenvalue weighted by Crippen LogP contribution is 2.26. The first-order chi connectivity index (χ1) is 13.7. The van der Waals surface area contributed by atoms with Crippen LogP contribution in [0.3, 0.4) is 0 Å². The van der Waals surface area contributed by atoms with Crippen LogP contribution in [0.1, 0.15) is 43.2 Å². The molecule has 28 heavy (non-hydrogen) atoms. The van der Waals surface area contributed by atoms with Gasteiger partial charge in [-0.3, -0.25) is 4.79 Å². The molecule has 2 heterocycles. The maximum atomic E-state index is 12.6. The van der Waals surface area contributed by atoms with Crippen LogP contribution in [0.4, 0.5) is 0 Å². The fraction of sp³-hybridized carbons (Fsp3) is 0.381. The van der Waals surface area contributed by atoms with Crippen molar-refractivity contribution < 1.29 is 14.1 Å². The van der Waals surface area contributed by atoms with Crippen LogP contribution in [0.15, 0.2) is 40.2 Å². The van der Waals surface area contributed by atoms with Crippen molar-refractivity contribution in [3.8, 4) is 16.5 Å². The maximum Gasteiger partial charge on any atom is 0.261 e. The van der Waals surface area contributed by atoms with Crippen molar-refractivity contribution in [2.24, 2.45) is 0 Å². The molecular formula is C21H23N3O3S. The molecule has 0 radical (unpaired) electrons. The Labute approximate surface area is 167 Å². The SMILES string of the molecule is CCC(Oc1ccc2c(c1)CCCC2)C(=O)NCc1nc(-c2cccs2)no1. The van der Waals surface area contributed by atoms with Crippen molar-refractivity contribution in [1.82, 2.24) is 15.5 Å². The van der Waals surface area contributed by atoms with Crippen LogP contribution in [-0.4, -0.2) is 22.2 Å². The molecule has 6 nitrogen and oxygen atoms in total. The first-order valence-electron chi connectivity index (χ1n) is 9.65. The van der Waals surface area contributed by atoms with Gasteiger partial charge in [0.2, 0.25) is 11.7 Å². The van der Waals surface area contributed by atoms with E-state index >= 15 is 0 Å². The highest BCUT2D eigenvalue weighted by atomic mass is 32.1. The zero-order chi connectivity index (χ0) is 19.3. The molecule has 0 saturated carbocycles. The zero-order valence-electron chi connectivity index (χ0n) is 15.8. The molecule has 7 heteroatoms. The van der Waals surface area contributed by atoms with Gasteiger partial charge in [-0.2, -0.15) is 4.98 Å². The van der Waals surface area contributed by atoms with Gasteiger partial charge < -0.3 is 14.6 Å². The lowest BCUT2D eigenvalue weighted by atomic mass is 9.92. The number of carbonyl (C=O) groups excluding carboxylic acids is 1. The summed E-state index contributed by atoms with van der Waals surface area (Å²) in [6, 6.07) is 10.0. The minimum absolute atomic E-state index is 0.182. The van der Waals surface area contributed by atoms with Gasteiger partial charge in [0.05, 0.1) is 11.4 Å². The fourth-order valence-electron chi connectivity index (χ4n) is 3.38. The predicted octanol–water partition coefficient (Wildman–Crippen LogP) is 4.15. The summed E-state index contributed by atoms with van der Waals surface area (Å²) in [5.41, 5.74) is 2.74. The second-order valence-electron chi connectivity index (χ2n) is 6.86. The number of carbonyl (C=O) groups is 1. The molecule has 0 fully saturated rings. The number of nitrogens with one attached hydrogen (secondary N) is 1. The standard InChI is InChI=1S/C21H23N3O3S/c1-2-17(26-16-10-9-14-6-3-4-7-15(14)12-16)21(25)22-13-19-23-20(24-27-19)18-8-5-11-28-18/h5,8-12,17H,2-4,6-7,13H2,1H3,(H,22,25). The minimum Gasteiger partial charge on any atom is -0.481 e. The number of hydrogen-bond acceptors (Lipinski definition) is 6. The predicted molar refractivity (Wildman–Crippen MR) is 107 cm³/mol. The highest BCUT2D eigenvalue weighted by Gasteiger charge is 2.20. The third kappa shape index (κ3) is 4.25. The van der Waals surface area contributed by atoms with Crippen LogP contribution >= 0.6 is 11.3 Å². The number of hydrogen-bond donors (Lipinski definition) is 1. The number of aromatic nitrogens is 2. The molecule has 1 N–H and O–H groups in total. The second kappa shape index (κ2) is 8.56. The van der Waals surface area contributed by atoms with E-state index in [0.29, 0.717) is 18.1 Å². The average molecular weight is 398 g/mol. The molecule has 1 unspecified atom stereocenters. The van der Waals surface area contributed by atoms with Crippen LogP contribution in [-0.2, 0) is 24.2 Å². The molecule has 1 atom stereocenters. The number of nitrogens with zero attached hydrogens (tertiary/aromatic N) is 2. The van der Waals surface area contributed by atoms with Gasteiger partial charge in [0.25, 0.3) is 5.91 Å². The van der Waals surface area contributed by atoms with Gasteiger partial charge in [-0.05, 0) is 66.8 Å². The smallest absolute Gasteiger partial charge is 0.261 e. The molecule has 2 aromatic heterocycles. The molecule has 1 amide bonds. The number of thiophene rings is 1. The Kier molecular flexibility index (Phi) is 5.71. The van der Waals surface area contributed by atoms with Crippen molar-refractivity contribution in [3.63, 3.8) is 0 Å². The molecule has 0 saturated heterocycles. The third-order valence-corrected chi connectivity index (χ3v) is 5.75. The zero-order valence-corrected chi connectivity index (χ0v) is 16.6. The second-order valence-corrected chi connectivity index (χ2v) is 7.81. The van der Waals surface area contributed by atoms with E-state index in [0.717, 1.165) is 23.5 Å². The molecule has 1 aliphatic carbocycles. The lowest BCUT2D eigenvalue weighted by Crippen LogP contribution is -2.37. The first-order valence-corrected chi connectivity index (χ1v) is 10.5. The molecule has 0 aliphatic heterocycles. The van der Waals surface area contributed by atoms with Crippen LogP contribution in [0, 0.1) is 0 Å². The van der Waals surface area contributed by atoms with Gasteiger partial charge in [0.15, 0.2) is 6.10 Å². The topological polar surface area (TPSA) is 77.2 Å². The van der Waals surface area contributed by atoms with Crippen molar-refractivity contribution >= 4 is 17.2 Å². The van der Waals surface area contributed by atoms with Crippen molar-refractivity contribution in [2.45, 2.75) is 51.7 Å². The van der Waals surface area contributed by atoms with E-state index in [9.17, 15) is 4.79 Å². The normalized spacial score (nSPS) is 14.3. The summed E-state index contributed by atoms with van der Waals surface area (Å²) >= 11 is 1.54. The summed E-state index contributed by atoms with van der Waals surface area (Å²) in [5, 5.41) is 8.74. The molecule has 1 aliphatic rings. The van der Waals surface area contributed by atoms with Crippen LogP contribution in [0.2, 0.25) is 0 Å². The average Bonchev–Trinajstić information content (AvgIpc) is 3.41.